The molecule has 3 rings (SSSR count). The molecule has 1 heterocycles. The summed E-state index contributed by atoms with van der Waals surface area (Å²) >= 11 is 0. The monoisotopic (exact) mass is 408 g/mol. The number of aromatic nitrogens is 2. The molecule has 2 aromatic carbocycles. The van der Waals surface area contributed by atoms with E-state index in [2.05, 4.69) is 9.97 Å². The van der Waals surface area contributed by atoms with Gasteiger partial charge in [0.15, 0.2) is 5.75 Å². The Balaban J connectivity index is 1.78. The van der Waals surface area contributed by atoms with Gasteiger partial charge in [0.05, 0.1) is 18.8 Å². The van der Waals surface area contributed by atoms with Crippen molar-refractivity contribution in [2.45, 2.75) is 6.10 Å². The summed E-state index contributed by atoms with van der Waals surface area (Å²) in [5.74, 6) is 0.749. The zero-order valence-electron chi connectivity index (χ0n) is 17.1. The highest BCUT2D eigenvalue weighted by molar-refractivity contribution is 5.75. The van der Waals surface area contributed by atoms with E-state index in [1.807, 2.05) is 44.4 Å². The minimum atomic E-state index is -0.976. The van der Waals surface area contributed by atoms with Crippen molar-refractivity contribution in [2.24, 2.45) is 0 Å². The standard InChI is InChI=1S/C22H24N4O4/c1-25(2)21-23-13-19(20(24-21)15-8-5-4-6-9-15)30-22(29)26(3)14-18(28)16-10-7-11-17(27)12-16/h4-13,18,27-28H,14H2,1-3H3. The molecule has 0 aliphatic carbocycles. The highest BCUT2D eigenvalue weighted by Gasteiger charge is 2.20. The summed E-state index contributed by atoms with van der Waals surface area (Å²) in [4.78, 5) is 24.4. The molecule has 1 unspecified atom stereocenters. The maximum absolute atomic E-state index is 12.6. The lowest BCUT2D eigenvalue weighted by atomic mass is 10.1. The van der Waals surface area contributed by atoms with E-state index in [9.17, 15) is 15.0 Å². The molecule has 8 nitrogen and oxygen atoms in total. The number of hydrogen-bond donors (Lipinski definition) is 2. The molecular formula is C22H24N4O4. The Morgan fingerprint density at radius 1 is 1.10 bits per heavy atom. The first-order chi connectivity index (χ1) is 14.3. The van der Waals surface area contributed by atoms with Crippen molar-refractivity contribution < 1.29 is 19.7 Å². The topological polar surface area (TPSA) is 99.0 Å². The van der Waals surface area contributed by atoms with E-state index in [4.69, 9.17) is 4.74 Å². The molecule has 1 atom stereocenters. The second-order valence-electron chi connectivity index (χ2n) is 7.00. The molecule has 0 radical (unpaired) electrons. The van der Waals surface area contributed by atoms with Crippen LogP contribution >= 0.6 is 0 Å². The summed E-state index contributed by atoms with van der Waals surface area (Å²) in [6.45, 7) is -0.0143. The molecule has 0 spiro atoms. The molecule has 156 valence electrons. The van der Waals surface area contributed by atoms with E-state index in [1.54, 1.807) is 17.0 Å². The van der Waals surface area contributed by atoms with Crippen LogP contribution in [0.15, 0.2) is 60.8 Å². The van der Waals surface area contributed by atoms with Crippen LogP contribution in [0, 0.1) is 0 Å². The van der Waals surface area contributed by atoms with E-state index in [0.29, 0.717) is 17.2 Å². The molecule has 30 heavy (non-hydrogen) atoms. The van der Waals surface area contributed by atoms with Gasteiger partial charge in [-0.25, -0.2) is 14.8 Å². The van der Waals surface area contributed by atoms with Crippen molar-refractivity contribution in [3.8, 4) is 22.8 Å². The minimum Gasteiger partial charge on any atom is -0.508 e. The zero-order valence-corrected chi connectivity index (χ0v) is 17.1. The number of anilines is 1. The fraction of sp³-hybridized carbons (Fsp3) is 0.227. The van der Waals surface area contributed by atoms with Gasteiger partial charge >= 0.3 is 6.09 Å². The molecule has 8 heteroatoms. The Hall–Kier alpha value is -3.65. The predicted octanol–water partition coefficient (Wildman–Crippen LogP) is 3.08. The molecule has 0 saturated carbocycles. The molecule has 0 saturated heterocycles. The summed E-state index contributed by atoms with van der Waals surface area (Å²) in [7, 11) is 5.17. The van der Waals surface area contributed by atoms with Crippen LogP contribution in [0.1, 0.15) is 11.7 Å². The number of benzene rings is 2. The number of ether oxygens (including phenoxy) is 1. The third-order valence-electron chi connectivity index (χ3n) is 4.40. The Morgan fingerprint density at radius 3 is 2.50 bits per heavy atom. The second-order valence-corrected chi connectivity index (χ2v) is 7.00. The molecule has 1 aromatic heterocycles. The largest absolute Gasteiger partial charge is 0.508 e. The number of likely N-dealkylation sites (N-methyl/N-ethyl adjacent to an activating group) is 1. The number of hydrogen-bond acceptors (Lipinski definition) is 7. The van der Waals surface area contributed by atoms with Gasteiger partial charge in [0.25, 0.3) is 0 Å². The molecule has 0 fully saturated rings. The van der Waals surface area contributed by atoms with Crippen LogP contribution in [0.25, 0.3) is 11.3 Å². The number of phenolic OH excluding ortho intramolecular Hbond substituents is 1. The fourth-order valence-electron chi connectivity index (χ4n) is 2.80. The van der Waals surface area contributed by atoms with Gasteiger partial charge in [-0.3, -0.25) is 0 Å². The lowest BCUT2D eigenvalue weighted by Crippen LogP contribution is -2.33. The van der Waals surface area contributed by atoms with Crippen LogP contribution in [0.5, 0.6) is 11.5 Å². The third kappa shape index (κ3) is 5.03. The first-order valence-corrected chi connectivity index (χ1v) is 9.35. The van der Waals surface area contributed by atoms with Crippen molar-refractivity contribution in [1.82, 2.24) is 14.9 Å². The van der Waals surface area contributed by atoms with E-state index >= 15 is 0 Å². The lowest BCUT2D eigenvalue weighted by molar-refractivity contribution is 0.112. The lowest BCUT2D eigenvalue weighted by Gasteiger charge is -2.21. The minimum absolute atomic E-state index is 0.0143. The van der Waals surface area contributed by atoms with Crippen LogP contribution in [0.4, 0.5) is 10.7 Å². The van der Waals surface area contributed by atoms with E-state index in [0.717, 1.165) is 5.56 Å². The highest BCUT2D eigenvalue weighted by atomic mass is 16.6. The van der Waals surface area contributed by atoms with Gasteiger partial charge in [-0.2, -0.15) is 0 Å². The van der Waals surface area contributed by atoms with Crippen molar-refractivity contribution in [3.05, 3.63) is 66.4 Å². The average Bonchev–Trinajstić information content (AvgIpc) is 2.74. The third-order valence-corrected chi connectivity index (χ3v) is 4.40. The van der Waals surface area contributed by atoms with Crippen molar-refractivity contribution in [2.75, 3.05) is 32.6 Å². The number of phenols is 1. The van der Waals surface area contributed by atoms with Crippen LogP contribution < -0.4 is 9.64 Å². The molecular weight excluding hydrogens is 384 g/mol. The van der Waals surface area contributed by atoms with Crippen molar-refractivity contribution in [1.29, 1.82) is 0 Å². The summed E-state index contributed by atoms with van der Waals surface area (Å²) in [6.07, 6.45) is -0.176. The molecule has 1 amide bonds. The first-order valence-electron chi connectivity index (χ1n) is 9.35. The highest BCUT2D eigenvalue weighted by Crippen LogP contribution is 2.29. The number of carbonyl (C=O) groups is 1. The number of aliphatic hydroxyl groups is 1. The van der Waals surface area contributed by atoms with Gasteiger partial charge in [0.1, 0.15) is 11.4 Å². The number of amides is 1. The van der Waals surface area contributed by atoms with Gasteiger partial charge < -0.3 is 24.7 Å². The van der Waals surface area contributed by atoms with Gasteiger partial charge in [-0.15, -0.1) is 0 Å². The summed E-state index contributed by atoms with van der Waals surface area (Å²) in [5.41, 5.74) is 1.77. The maximum Gasteiger partial charge on any atom is 0.415 e. The Morgan fingerprint density at radius 2 is 1.83 bits per heavy atom. The summed E-state index contributed by atoms with van der Waals surface area (Å²) in [6, 6.07) is 15.6. The van der Waals surface area contributed by atoms with E-state index in [1.165, 1.54) is 30.3 Å². The fourth-order valence-corrected chi connectivity index (χ4v) is 2.80. The van der Waals surface area contributed by atoms with Crippen molar-refractivity contribution in [3.63, 3.8) is 0 Å². The molecule has 3 aromatic rings. The number of aliphatic hydroxyl groups excluding tert-OH is 1. The number of aromatic hydroxyl groups is 1. The predicted molar refractivity (Wildman–Crippen MR) is 114 cm³/mol. The number of carbonyl (C=O) groups excluding carboxylic acids is 1. The quantitative estimate of drug-likeness (QED) is 0.647. The van der Waals surface area contributed by atoms with Crippen LogP contribution in [-0.4, -0.2) is 58.9 Å². The Labute approximate surface area is 175 Å². The van der Waals surface area contributed by atoms with E-state index in [-0.39, 0.29) is 18.0 Å². The smallest absolute Gasteiger partial charge is 0.415 e. The maximum atomic E-state index is 12.6. The summed E-state index contributed by atoms with van der Waals surface area (Å²) in [5, 5.41) is 19.9. The zero-order chi connectivity index (χ0) is 21.7. The van der Waals surface area contributed by atoms with Gasteiger partial charge in [0.2, 0.25) is 5.95 Å². The Bertz CT molecular complexity index is 1010. The average molecular weight is 408 g/mol. The molecule has 0 bridgehead atoms. The normalized spacial score (nSPS) is 11.6. The molecule has 0 aliphatic heterocycles. The number of nitrogens with zero attached hydrogens (tertiary/aromatic N) is 4. The van der Waals surface area contributed by atoms with Crippen LogP contribution in [0.3, 0.4) is 0 Å². The molecule has 0 aliphatic rings. The van der Waals surface area contributed by atoms with Crippen LogP contribution in [0.2, 0.25) is 0 Å². The summed E-state index contributed by atoms with van der Waals surface area (Å²) < 4.78 is 5.54. The first kappa shape index (κ1) is 21.1. The van der Waals surface area contributed by atoms with Crippen molar-refractivity contribution >= 4 is 12.0 Å². The van der Waals surface area contributed by atoms with Gasteiger partial charge in [-0.1, -0.05) is 42.5 Å². The van der Waals surface area contributed by atoms with E-state index < -0.39 is 12.2 Å². The SMILES string of the molecule is CN(CC(O)c1cccc(O)c1)C(=O)Oc1cnc(N(C)C)nc1-c1ccccc1. The molecule has 2 N–H and O–H groups in total. The number of rotatable bonds is 6. The second kappa shape index (κ2) is 9.23. The Kier molecular flexibility index (Phi) is 6.48. The van der Waals surface area contributed by atoms with Gasteiger partial charge in [0, 0.05) is 26.7 Å². The van der Waals surface area contributed by atoms with Crippen LogP contribution in [-0.2, 0) is 0 Å². The van der Waals surface area contributed by atoms with Gasteiger partial charge in [-0.05, 0) is 17.7 Å².